The molecule has 0 atom stereocenters. The van der Waals surface area contributed by atoms with Gasteiger partial charge in [0.2, 0.25) is 0 Å². The van der Waals surface area contributed by atoms with Crippen molar-refractivity contribution >= 4 is 61.8 Å². The van der Waals surface area contributed by atoms with E-state index in [9.17, 15) is 13.2 Å². The maximum Gasteiger partial charge on any atom is 0.264 e. The first-order valence-electron chi connectivity index (χ1n) is 11.2. The lowest BCUT2D eigenvalue weighted by molar-refractivity contribution is -0.119. The highest BCUT2D eigenvalue weighted by Crippen LogP contribution is 2.32. The van der Waals surface area contributed by atoms with Crippen molar-refractivity contribution in [2.24, 2.45) is 5.10 Å². The maximum atomic E-state index is 13.4. The molecule has 4 aromatic carbocycles. The van der Waals surface area contributed by atoms with Gasteiger partial charge in [-0.25, -0.2) is 13.8 Å². The molecule has 1 amide bonds. The number of hydrogen-bond acceptors (Lipinski definition) is 4. The summed E-state index contributed by atoms with van der Waals surface area (Å²) in [5, 5.41) is 7.18. The Hall–Kier alpha value is -3.39. The van der Waals surface area contributed by atoms with Gasteiger partial charge in [0.1, 0.15) is 6.54 Å². The summed E-state index contributed by atoms with van der Waals surface area (Å²) in [4.78, 5) is 12.8. The van der Waals surface area contributed by atoms with E-state index in [1.807, 2.05) is 18.2 Å². The topological polar surface area (TPSA) is 78.8 Å². The molecule has 0 heterocycles. The summed E-state index contributed by atoms with van der Waals surface area (Å²) in [6.07, 6.45) is 3.62. The molecule has 0 bridgehead atoms. The zero-order valence-electron chi connectivity index (χ0n) is 19.0. The molecule has 5 rings (SSSR count). The summed E-state index contributed by atoms with van der Waals surface area (Å²) in [6, 6.07) is 22.3. The van der Waals surface area contributed by atoms with E-state index in [4.69, 9.17) is 23.2 Å². The van der Waals surface area contributed by atoms with Crippen molar-refractivity contribution < 1.29 is 13.2 Å². The van der Waals surface area contributed by atoms with Gasteiger partial charge in [-0.1, -0.05) is 59.6 Å². The van der Waals surface area contributed by atoms with Crippen molar-refractivity contribution in [1.29, 1.82) is 0 Å². The minimum absolute atomic E-state index is 0.00365. The van der Waals surface area contributed by atoms with Crippen LogP contribution in [0.15, 0.2) is 88.9 Å². The van der Waals surface area contributed by atoms with Gasteiger partial charge in [-0.3, -0.25) is 9.10 Å². The fourth-order valence-electron chi connectivity index (χ4n) is 4.40. The van der Waals surface area contributed by atoms with Crippen LogP contribution in [-0.4, -0.2) is 27.1 Å². The van der Waals surface area contributed by atoms with E-state index in [0.717, 1.165) is 28.1 Å². The lowest BCUT2D eigenvalue weighted by atomic mass is 10.0. The number of sulfonamides is 1. The van der Waals surface area contributed by atoms with Crippen LogP contribution in [-0.2, 0) is 27.7 Å². The number of amides is 1. The van der Waals surface area contributed by atoms with Gasteiger partial charge in [-0.2, -0.15) is 5.10 Å². The summed E-state index contributed by atoms with van der Waals surface area (Å²) in [6.45, 7) is -0.494. The van der Waals surface area contributed by atoms with Gasteiger partial charge in [-0.05, 0) is 77.2 Å². The fourth-order valence-corrected chi connectivity index (χ4v) is 6.13. The first-order valence-corrected chi connectivity index (χ1v) is 13.4. The van der Waals surface area contributed by atoms with Crippen molar-refractivity contribution in [3.63, 3.8) is 0 Å². The molecule has 1 aliphatic rings. The first-order chi connectivity index (χ1) is 17.3. The summed E-state index contributed by atoms with van der Waals surface area (Å²) >= 11 is 12.0. The SMILES string of the molecule is O=C(CN(c1cccc(Cl)c1)S(=O)(=O)c1ccc(Cl)cc1)N/N=C\c1ccc2c3c(cccc13)CC2. The number of hydrogen-bond donors (Lipinski definition) is 1. The molecule has 182 valence electrons. The number of hydrazone groups is 1. The second kappa shape index (κ2) is 9.93. The summed E-state index contributed by atoms with van der Waals surface area (Å²) in [5.74, 6) is -0.602. The molecule has 4 aromatic rings. The normalized spacial score (nSPS) is 12.8. The third kappa shape index (κ3) is 4.82. The molecule has 1 aliphatic carbocycles. The van der Waals surface area contributed by atoms with Crippen LogP contribution >= 0.6 is 23.2 Å². The van der Waals surface area contributed by atoms with E-state index in [1.165, 1.54) is 46.8 Å². The maximum absolute atomic E-state index is 13.4. The Morgan fingerprint density at radius 3 is 2.39 bits per heavy atom. The molecule has 0 aliphatic heterocycles. The molecule has 0 aromatic heterocycles. The number of carbonyl (C=O) groups excluding carboxylic acids is 1. The van der Waals surface area contributed by atoms with E-state index in [1.54, 1.807) is 24.4 Å². The molecule has 0 saturated carbocycles. The second-order valence-electron chi connectivity index (χ2n) is 8.39. The Morgan fingerprint density at radius 2 is 1.64 bits per heavy atom. The van der Waals surface area contributed by atoms with Crippen molar-refractivity contribution in [3.05, 3.63) is 106 Å². The number of rotatable bonds is 7. The van der Waals surface area contributed by atoms with Crippen molar-refractivity contribution in [1.82, 2.24) is 5.43 Å². The molecule has 1 N–H and O–H groups in total. The average Bonchev–Trinajstić information content (AvgIpc) is 3.29. The van der Waals surface area contributed by atoms with E-state index < -0.39 is 22.5 Å². The number of nitrogens with one attached hydrogen (secondary N) is 1. The van der Waals surface area contributed by atoms with Crippen molar-refractivity contribution in [3.8, 4) is 0 Å². The minimum atomic E-state index is -4.09. The summed E-state index contributed by atoms with van der Waals surface area (Å²) in [7, 11) is -4.09. The summed E-state index contributed by atoms with van der Waals surface area (Å²) < 4.78 is 27.8. The molecule has 0 fully saturated rings. The largest absolute Gasteiger partial charge is 0.271 e. The van der Waals surface area contributed by atoms with E-state index >= 15 is 0 Å². The zero-order chi connectivity index (χ0) is 25.3. The lowest BCUT2D eigenvalue weighted by Crippen LogP contribution is -2.39. The standard InChI is InChI=1S/C27H21Cl2N3O3S/c28-21-11-13-24(14-12-21)36(34,35)32(23-5-2-4-22(29)15-23)17-26(33)31-30-16-20-10-9-19-8-7-18-3-1-6-25(20)27(18)19/h1-6,9-16H,7-8,17H2,(H,31,33)/b30-16-. The van der Waals surface area contributed by atoms with Crippen molar-refractivity contribution in [2.45, 2.75) is 17.7 Å². The average molecular weight is 538 g/mol. The molecule has 0 unspecified atom stereocenters. The predicted molar refractivity (Wildman–Crippen MR) is 145 cm³/mol. The molecule has 0 saturated heterocycles. The fraction of sp³-hybridized carbons (Fsp3) is 0.111. The molecule has 9 heteroatoms. The van der Waals surface area contributed by atoms with Crippen LogP contribution in [0, 0.1) is 0 Å². The Bertz CT molecular complexity index is 1590. The predicted octanol–water partition coefficient (Wildman–Crippen LogP) is 5.59. The Morgan fingerprint density at radius 1 is 0.917 bits per heavy atom. The number of benzene rings is 4. The van der Waals surface area contributed by atoms with Crippen LogP contribution < -0.4 is 9.73 Å². The molecule has 6 nitrogen and oxygen atoms in total. The number of halogens is 2. The van der Waals surface area contributed by atoms with Gasteiger partial charge in [0.05, 0.1) is 16.8 Å². The molecular formula is C27H21Cl2N3O3S. The Labute approximate surface area is 219 Å². The van der Waals surface area contributed by atoms with E-state index in [-0.39, 0.29) is 10.6 Å². The minimum Gasteiger partial charge on any atom is -0.271 e. The van der Waals surface area contributed by atoms with Gasteiger partial charge in [0.25, 0.3) is 15.9 Å². The monoisotopic (exact) mass is 537 g/mol. The van der Waals surface area contributed by atoms with E-state index in [2.05, 4.69) is 22.7 Å². The van der Waals surface area contributed by atoms with Gasteiger partial charge in [0.15, 0.2) is 0 Å². The lowest BCUT2D eigenvalue weighted by Gasteiger charge is -2.23. The third-order valence-electron chi connectivity index (χ3n) is 6.09. The molecule has 0 spiro atoms. The van der Waals surface area contributed by atoms with Gasteiger partial charge >= 0.3 is 0 Å². The quantitative estimate of drug-likeness (QED) is 0.246. The van der Waals surface area contributed by atoms with E-state index in [0.29, 0.717) is 10.0 Å². The van der Waals surface area contributed by atoms with Gasteiger partial charge in [0, 0.05) is 15.6 Å². The van der Waals surface area contributed by atoms with Crippen LogP contribution in [0.2, 0.25) is 10.0 Å². The second-order valence-corrected chi connectivity index (χ2v) is 11.1. The Kier molecular flexibility index (Phi) is 6.71. The first kappa shape index (κ1) is 24.3. The Balaban J connectivity index is 1.39. The molecular weight excluding hydrogens is 517 g/mol. The molecule has 36 heavy (non-hydrogen) atoms. The number of aryl methyl sites for hydroxylation is 2. The highest BCUT2D eigenvalue weighted by atomic mass is 35.5. The number of nitrogens with zero attached hydrogens (tertiary/aromatic N) is 2. The van der Waals surface area contributed by atoms with Crippen LogP contribution in [0.5, 0.6) is 0 Å². The highest BCUT2D eigenvalue weighted by Gasteiger charge is 2.27. The van der Waals surface area contributed by atoms with Crippen molar-refractivity contribution in [2.75, 3.05) is 10.8 Å². The van der Waals surface area contributed by atoms with Crippen LogP contribution in [0.4, 0.5) is 5.69 Å². The van der Waals surface area contributed by atoms with Crippen LogP contribution in [0.3, 0.4) is 0 Å². The summed E-state index contributed by atoms with van der Waals surface area (Å²) in [5.41, 5.74) is 6.21. The number of carbonyl (C=O) groups is 1. The van der Waals surface area contributed by atoms with Crippen LogP contribution in [0.25, 0.3) is 10.8 Å². The zero-order valence-corrected chi connectivity index (χ0v) is 21.3. The third-order valence-corrected chi connectivity index (χ3v) is 8.36. The highest BCUT2D eigenvalue weighted by molar-refractivity contribution is 7.92. The van der Waals surface area contributed by atoms with Gasteiger partial charge < -0.3 is 0 Å². The smallest absolute Gasteiger partial charge is 0.264 e. The number of anilines is 1. The van der Waals surface area contributed by atoms with Crippen LogP contribution in [0.1, 0.15) is 16.7 Å². The molecule has 0 radical (unpaired) electrons. The van der Waals surface area contributed by atoms with Gasteiger partial charge in [-0.15, -0.1) is 0 Å².